The number of hydrogen-bond acceptors (Lipinski definition) is 3. The van der Waals surface area contributed by atoms with Gasteiger partial charge in [0.15, 0.2) is 5.54 Å². The van der Waals surface area contributed by atoms with Crippen LogP contribution in [-0.2, 0) is 9.59 Å². The van der Waals surface area contributed by atoms with Crippen LogP contribution in [0.15, 0.2) is 0 Å². The highest BCUT2D eigenvalue weighted by Gasteiger charge is 2.46. The van der Waals surface area contributed by atoms with Crippen LogP contribution in [0.25, 0.3) is 0 Å². The summed E-state index contributed by atoms with van der Waals surface area (Å²) in [5, 5.41) is 8.81. The van der Waals surface area contributed by atoms with Crippen LogP contribution in [0.5, 0.6) is 0 Å². The van der Waals surface area contributed by atoms with Crippen LogP contribution in [0.3, 0.4) is 0 Å². The molecule has 5 heteroatoms. The second kappa shape index (κ2) is 3.33. The maximum atomic E-state index is 11.5. The molecule has 0 bridgehead atoms. The normalized spacial score (nSPS) is 29.1. The molecule has 1 amide bonds. The number of aliphatic carboxylic acids is 1. The minimum Gasteiger partial charge on any atom is -0.479 e. The van der Waals surface area contributed by atoms with Gasteiger partial charge in [0.2, 0.25) is 0 Å². The Morgan fingerprint density at radius 3 is 2.85 bits per heavy atom. The predicted octanol–water partition coefficient (Wildman–Crippen LogP) is -0.589. The molecule has 1 aliphatic rings. The van der Waals surface area contributed by atoms with Gasteiger partial charge in [-0.1, -0.05) is 0 Å². The Morgan fingerprint density at radius 1 is 1.77 bits per heavy atom. The molecule has 0 spiro atoms. The Kier molecular flexibility index (Phi) is 2.56. The van der Waals surface area contributed by atoms with Crippen LogP contribution in [0.1, 0.15) is 19.8 Å². The van der Waals surface area contributed by atoms with Crippen LogP contribution in [0.2, 0.25) is 0 Å². The van der Waals surface area contributed by atoms with Crippen molar-refractivity contribution in [3.63, 3.8) is 0 Å². The van der Waals surface area contributed by atoms with E-state index < -0.39 is 17.4 Å². The molecule has 3 N–H and O–H groups in total. The SMILES string of the molecule is CCN1CCCC(N)(C(=O)O)C1=O. The standard InChI is InChI=1S/C8H14N2O3/c1-2-10-5-3-4-8(9,6(10)11)7(12)13/h2-5,9H2,1H3,(H,12,13). The highest BCUT2D eigenvalue weighted by molar-refractivity contribution is 6.06. The van der Waals surface area contributed by atoms with Crippen molar-refractivity contribution in [1.82, 2.24) is 4.90 Å². The van der Waals surface area contributed by atoms with E-state index in [1.807, 2.05) is 6.92 Å². The smallest absolute Gasteiger partial charge is 0.333 e. The number of piperidine rings is 1. The van der Waals surface area contributed by atoms with Crippen molar-refractivity contribution in [3.05, 3.63) is 0 Å². The van der Waals surface area contributed by atoms with Crippen LogP contribution in [0, 0.1) is 0 Å². The lowest BCUT2D eigenvalue weighted by Gasteiger charge is -2.35. The Labute approximate surface area is 76.5 Å². The minimum atomic E-state index is -1.69. The lowest BCUT2D eigenvalue weighted by atomic mass is 9.89. The number of nitrogens with zero attached hydrogens (tertiary/aromatic N) is 1. The van der Waals surface area contributed by atoms with E-state index in [1.165, 1.54) is 4.90 Å². The summed E-state index contributed by atoms with van der Waals surface area (Å²) in [6.45, 7) is 2.94. The van der Waals surface area contributed by atoms with Gasteiger partial charge < -0.3 is 15.7 Å². The fourth-order valence-electron chi connectivity index (χ4n) is 1.54. The van der Waals surface area contributed by atoms with Gasteiger partial charge in [-0.05, 0) is 19.8 Å². The fraction of sp³-hybridized carbons (Fsp3) is 0.750. The van der Waals surface area contributed by atoms with Crippen molar-refractivity contribution in [2.24, 2.45) is 5.73 Å². The highest BCUT2D eigenvalue weighted by Crippen LogP contribution is 2.20. The minimum absolute atomic E-state index is 0.234. The molecule has 1 rings (SSSR count). The van der Waals surface area contributed by atoms with Crippen molar-refractivity contribution < 1.29 is 14.7 Å². The van der Waals surface area contributed by atoms with E-state index in [0.717, 1.165) is 0 Å². The number of carbonyl (C=O) groups is 2. The predicted molar refractivity (Wildman–Crippen MR) is 46.0 cm³/mol. The summed E-state index contributed by atoms with van der Waals surface area (Å²) in [6.07, 6.45) is 0.889. The number of carboxylic acids is 1. The lowest BCUT2D eigenvalue weighted by molar-refractivity contribution is -0.156. The molecule has 13 heavy (non-hydrogen) atoms. The molecule has 0 aromatic heterocycles. The molecule has 1 saturated heterocycles. The molecule has 1 fully saturated rings. The van der Waals surface area contributed by atoms with Crippen LogP contribution in [0.4, 0.5) is 0 Å². The van der Waals surface area contributed by atoms with Gasteiger partial charge in [0.1, 0.15) is 0 Å². The van der Waals surface area contributed by atoms with Crippen molar-refractivity contribution in [1.29, 1.82) is 0 Å². The van der Waals surface area contributed by atoms with Crippen LogP contribution < -0.4 is 5.73 Å². The summed E-state index contributed by atoms with van der Waals surface area (Å²) < 4.78 is 0. The van der Waals surface area contributed by atoms with Gasteiger partial charge in [-0.2, -0.15) is 0 Å². The Morgan fingerprint density at radius 2 is 2.38 bits per heavy atom. The second-order valence-electron chi connectivity index (χ2n) is 3.26. The van der Waals surface area contributed by atoms with Crippen LogP contribution >= 0.6 is 0 Å². The van der Waals surface area contributed by atoms with Crippen molar-refractivity contribution in [3.8, 4) is 0 Å². The van der Waals surface area contributed by atoms with E-state index in [1.54, 1.807) is 0 Å². The van der Waals surface area contributed by atoms with Gasteiger partial charge in [0.05, 0.1) is 0 Å². The average Bonchev–Trinajstić information content (AvgIpc) is 2.09. The van der Waals surface area contributed by atoms with E-state index in [2.05, 4.69) is 0 Å². The fourth-order valence-corrected chi connectivity index (χ4v) is 1.54. The first-order chi connectivity index (χ1) is 6.02. The third-order valence-corrected chi connectivity index (χ3v) is 2.43. The van der Waals surface area contributed by atoms with E-state index >= 15 is 0 Å². The zero-order chi connectivity index (χ0) is 10.1. The largest absolute Gasteiger partial charge is 0.479 e. The van der Waals surface area contributed by atoms with E-state index in [0.29, 0.717) is 19.5 Å². The first-order valence-corrected chi connectivity index (χ1v) is 4.34. The molecule has 74 valence electrons. The van der Waals surface area contributed by atoms with E-state index in [4.69, 9.17) is 10.8 Å². The summed E-state index contributed by atoms with van der Waals surface area (Å²) in [6, 6.07) is 0. The molecule has 0 aromatic rings. The van der Waals surface area contributed by atoms with Gasteiger partial charge in [0, 0.05) is 13.1 Å². The molecule has 0 saturated carbocycles. The van der Waals surface area contributed by atoms with Crippen molar-refractivity contribution in [2.75, 3.05) is 13.1 Å². The maximum absolute atomic E-state index is 11.5. The number of carboxylic acid groups (broad SMARTS) is 1. The van der Waals surface area contributed by atoms with Crippen LogP contribution in [-0.4, -0.2) is 40.5 Å². The molecule has 5 nitrogen and oxygen atoms in total. The molecule has 0 aliphatic carbocycles. The number of likely N-dealkylation sites (N-methyl/N-ethyl adjacent to an activating group) is 1. The lowest BCUT2D eigenvalue weighted by Crippen LogP contribution is -2.63. The highest BCUT2D eigenvalue weighted by atomic mass is 16.4. The van der Waals surface area contributed by atoms with Crippen molar-refractivity contribution in [2.45, 2.75) is 25.3 Å². The maximum Gasteiger partial charge on any atom is 0.333 e. The molecule has 1 aliphatic heterocycles. The quantitative estimate of drug-likeness (QED) is 0.565. The monoisotopic (exact) mass is 186 g/mol. The van der Waals surface area contributed by atoms with Gasteiger partial charge in [-0.15, -0.1) is 0 Å². The van der Waals surface area contributed by atoms with E-state index in [9.17, 15) is 9.59 Å². The number of nitrogens with two attached hydrogens (primary N) is 1. The topological polar surface area (TPSA) is 83.6 Å². The average molecular weight is 186 g/mol. The Bertz CT molecular complexity index is 242. The second-order valence-corrected chi connectivity index (χ2v) is 3.26. The Hall–Kier alpha value is -1.10. The summed E-state index contributed by atoms with van der Waals surface area (Å²) in [4.78, 5) is 23.8. The van der Waals surface area contributed by atoms with Crippen molar-refractivity contribution >= 4 is 11.9 Å². The van der Waals surface area contributed by atoms with E-state index in [-0.39, 0.29) is 6.42 Å². The molecule has 0 radical (unpaired) electrons. The molecule has 1 unspecified atom stereocenters. The number of likely N-dealkylation sites (tertiary alicyclic amines) is 1. The third-order valence-electron chi connectivity index (χ3n) is 2.43. The zero-order valence-corrected chi connectivity index (χ0v) is 7.62. The molecule has 1 atom stereocenters. The molecular weight excluding hydrogens is 172 g/mol. The molecule has 0 aromatic carbocycles. The molecular formula is C8H14N2O3. The summed E-state index contributed by atoms with van der Waals surface area (Å²) in [5.74, 6) is -1.69. The van der Waals surface area contributed by atoms with Gasteiger partial charge in [-0.3, -0.25) is 4.79 Å². The van der Waals surface area contributed by atoms with Gasteiger partial charge in [-0.25, -0.2) is 4.79 Å². The molecule has 1 heterocycles. The van der Waals surface area contributed by atoms with Gasteiger partial charge >= 0.3 is 5.97 Å². The number of amides is 1. The third kappa shape index (κ3) is 1.51. The number of carbonyl (C=O) groups excluding carboxylic acids is 1. The van der Waals surface area contributed by atoms with Gasteiger partial charge in [0.25, 0.3) is 5.91 Å². The summed E-state index contributed by atoms with van der Waals surface area (Å²) in [7, 11) is 0. The summed E-state index contributed by atoms with van der Waals surface area (Å²) >= 11 is 0. The Balaban J connectivity index is 2.87. The summed E-state index contributed by atoms with van der Waals surface area (Å²) in [5.41, 5.74) is 3.83. The number of rotatable bonds is 2. The number of hydrogen-bond donors (Lipinski definition) is 2. The zero-order valence-electron chi connectivity index (χ0n) is 7.62. The first kappa shape index (κ1) is 9.98. The first-order valence-electron chi connectivity index (χ1n) is 4.34.